The molecule has 0 aromatic heterocycles. The number of rotatable bonds is 9. The Morgan fingerprint density at radius 1 is 1.20 bits per heavy atom. The van der Waals surface area contributed by atoms with Gasteiger partial charge in [-0.05, 0) is 25.2 Å². The Kier molecular flexibility index (Phi) is 8.94. The summed E-state index contributed by atoms with van der Waals surface area (Å²) in [6.07, 6.45) is 12.7. The standard InChI is InChI=1S/C18H30O2/c1-6-8-14-18(4,5)16(7-2)13-12-15(3)10-9-11-17(19)20/h9-10,12-13H,6-8,11,14H2,1-5H3,(H,19,20)/b10-9+,15-12+,16-13+. The lowest BCUT2D eigenvalue weighted by Crippen LogP contribution is -2.14. The third-order valence-electron chi connectivity index (χ3n) is 3.63. The van der Waals surface area contributed by atoms with Crippen molar-refractivity contribution in [2.24, 2.45) is 5.41 Å². The first-order chi connectivity index (χ1) is 9.33. The van der Waals surface area contributed by atoms with Gasteiger partial charge < -0.3 is 5.11 Å². The summed E-state index contributed by atoms with van der Waals surface area (Å²) in [5.74, 6) is -0.792. The van der Waals surface area contributed by atoms with Crippen LogP contribution < -0.4 is 0 Å². The van der Waals surface area contributed by atoms with E-state index >= 15 is 0 Å². The molecule has 20 heavy (non-hydrogen) atoms. The van der Waals surface area contributed by atoms with Crippen molar-refractivity contribution in [2.45, 2.75) is 66.7 Å². The zero-order valence-electron chi connectivity index (χ0n) is 13.7. The molecule has 0 fully saturated rings. The highest BCUT2D eigenvalue weighted by atomic mass is 16.4. The van der Waals surface area contributed by atoms with Gasteiger partial charge in [-0.1, -0.05) is 76.0 Å². The van der Waals surface area contributed by atoms with E-state index in [1.165, 1.54) is 24.8 Å². The van der Waals surface area contributed by atoms with Crippen LogP contribution in [0.2, 0.25) is 0 Å². The first kappa shape index (κ1) is 18.7. The van der Waals surface area contributed by atoms with Gasteiger partial charge in [0.15, 0.2) is 0 Å². The summed E-state index contributed by atoms with van der Waals surface area (Å²) >= 11 is 0. The fourth-order valence-corrected chi connectivity index (χ4v) is 2.23. The topological polar surface area (TPSA) is 37.3 Å². The summed E-state index contributed by atoms with van der Waals surface area (Å²) in [5.41, 5.74) is 2.78. The van der Waals surface area contributed by atoms with Crippen LogP contribution in [0.4, 0.5) is 0 Å². The molecule has 114 valence electrons. The third-order valence-corrected chi connectivity index (χ3v) is 3.63. The molecule has 0 atom stereocenters. The minimum atomic E-state index is -0.792. The average Bonchev–Trinajstić information content (AvgIpc) is 2.36. The summed E-state index contributed by atoms with van der Waals surface area (Å²) in [4.78, 5) is 10.4. The molecule has 1 N–H and O–H groups in total. The number of hydrogen-bond donors (Lipinski definition) is 1. The molecule has 0 saturated heterocycles. The van der Waals surface area contributed by atoms with Gasteiger partial charge in [0.25, 0.3) is 0 Å². The summed E-state index contributed by atoms with van der Waals surface area (Å²) in [7, 11) is 0. The molecule has 0 aromatic carbocycles. The molecular formula is C18H30O2. The van der Waals surface area contributed by atoms with E-state index in [2.05, 4.69) is 39.8 Å². The lowest BCUT2D eigenvalue weighted by Gasteiger charge is -2.27. The maximum Gasteiger partial charge on any atom is 0.307 e. The van der Waals surface area contributed by atoms with Crippen molar-refractivity contribution in [3.63, 3.8) is 0 Å². The molecular weight excluding hydrogens is 248 g/mol. The molecule has 0 saturated carbocycles. The fraction of sp³-hybridized carbons (Fsp3) is 0.611. The largest absolute Gasteiger partial charge is 0.481 e. The van der Waals surface area contributed by atoms with Crippen molar-refractivity contribution < 1.29 is 9.90 Å². The van der Waals surface area contributed by atoms with Crippen LogP contribution in [0.5, 0.6) is 0 Å². The zero-order chi connectivity index (χ0) is 15.6. The molecule has 0 unspecified atom stereocenters. The van der Waals surface area contributed by atoms with Crippen molar-refractivity contribution in [3.05, 3.63) is 35.5 Å². The highest BCUT2D eigenvalue weighted by Crippen LogP contribution is 2.34. The molecule has 0 radical (unpaired) electrons. The molecule has 0 aliphatic rings. The van der Waals surface area contributed by atoms with Crippen LogP contribution in [0.25, 0.3) is 0 Å². The zero-order valence-corrected chi connectivity index (χ0v) is 13.7. The minimum absolute atomic E-state index is 0.0809. The van der Waals surface area contributed by atoms with Crippen LogP contribution in [0.3, 0.4) is 0 Å². The van der Waals surface area contributed by atoms with Crippen LogP contribution >= 0.6 is 0 Å². The second-order valence-corrected chi connectivity index (χ2v) is 5.94. The van der Waals surface area contributed by atoms with Crippen molar-refractivity contribution in [2.75, 3.05) is 0 Å². The van der Waals surface area contributed by atoms with E-state index < -0.39 is 5.97 Å². The van der Waals surface area contributed by atoms with E-state index in [1.807, 2.05) is 13.0 Å². The lowest BCUT2D eigenvalue weighted by atomic mass is 9.78. The predicted octanol–water partition coefficient (Wildman–Crippen LogP) is 5.52. The van der Waals surface area contributed by atoms with Gasteiger partial charge in [0.2, 0.25) is 0 Å². The Labute approximate surface area is 124 Å². The Bertz CT molecular complexity index is 384. The smallest absolute Gasteiger partial charge is 0.307 e. The van der Waals surface area contributed by atoms with Crippen LogP contribution in [0, 0.1) is 5.41 Å². The van der Waals surface area contributed by atoms with E-state index in [4.69, 9.17) is 5.11 Å². The van der Waals surface area contributed by atoms with Crippen LogP contribution in [-0.4, -0.2) is 11.1 Å². The van der Waals surface area contributed by atoms with E-state index in [0.29, 0.717) is 0 Å². The molecule has 0 rings (SSSR count). The monoisotopic (exact) mass is 278 g/mol. The van der Waals surface area contributed by atoms with Gasteiger partial charge in [0, 0.05) is 0 Å². The second kappa shape index (κ2) is 9.57. The predicted molar refractivity (Wildman–Crippen MR) is 86.8 cm³/mol. The quantitative estimate of drug-likeness (QED) is 0.564. The Morgan fingerprint density at radius 2 is 1.85 bits per heavy atom. The Morgan fingerprint density at radius 3 is 2.35 bits per heavy atom. The van der Waals surface area contributed by atoms with E-state index in [1.54, 1.807) is 6.08 Å². The fourth-order valence-electron chi connectivity index (χ4n) is 2.23. The van der Waals surface area contributed by atoms with Gasteiger partial charge in [0.05, 0.1) is 6.42 Å². The van der Waals surface area contributed by atoms with Gasteiger partial charge in [0.1, 0.15) is 0 Å². The highest BCUT2D eigenvalue weighted by Gasteiger charge is 2.20. The maximum absolute atomic E-state index is 10.4. The van der Waals surface area contributed by atoms with Crippen LogP contribution in [0.15, 0.2) is 35.5 Å². The number of carboxylic acid groups (broad SMARTS) is 1. The summed E-state index contributed by atoms with van der Waals surface area (Å²) in [6.45, 7) is 11.0. The molecule has 0 heterocycles. The average molecular weight is 278 g/mol. The number of carbonyl (C=O) groups is 1. The first-order valence-electron chi connectivity index (χ1n) is 7.59. The molecule has 0 amide bonds. The Hall–Kier alpha value is -1.31. The number of allylic oxidation sites excluding steroid dienone is 5. The SMILES string of the molecule is CCCCC(C)(C)/C(=C/C=C(C)/C=C/CC(=O)O)CC. The Balaban J connectivity index is 4.79. The number of hydrogen-bond acceptors (Lipinski definition) is 1. The van der Waals surface area contributed by atoms with Gasteiger partial charge in [-0.15, -0.1) is 0 Å². The summed E-state index contributed by atoms with van der Waals surface area (Å²) in [6, 6.07) is 0. The highest BCUT2D eigenvalue weighted by molar-refractivity contribution is 5.68. The second-order valence-electron chi connectivity index (χ2n) is 5.94. The maximum atomic E-state index is 10.4. The van der Waals surface area contributed by atoms with Gasteiger partial charge in [-0.2, -0.15) is 0 Å². The molecule has 0 aliphatic heterocycles. The third kappa shape index (κ3) is 7.98. The van der Waals surface area contributed by atoms with E-state index in [0.717, 1.165) is 12.0 Å². The van der Waals surface area contributed by atoms with Crippen molar-refractivity contribution >= 4 is 5.97 Å². The van der Waals surface area contributed by atoms with E-state index in [-0.39, 0.29) is 11.8 Å². The molecule has 2 heteroatoms. The number of carboxylic acids is 1. The molecule has 2 nitrogen and oxygen atoms in total. The molecule has 0 aliphatic carbocycles. The summed E-state index contributed by atoms with van der Waals surface area (Å²) < 4.78 is 0. The number of unbranched alkanes of at least 4 members (excludes halogenated alkanes) is 1. The van der Waals surface area contributed by atoms with Crippen molar-refractivity contribution in [1.29, 1.82) is 0 Å². The first-order valence-corrected chi connectivity index (χ1v) is 7.59. The molecule has 0 aromatic rings. The van der Waals surface area contributed by atoms with Crippen LogP contribution in [0.1, 0.15) is 66.7 Å². The lowest BCUT2D eigenvalue weighted by molar-refractivity contribution is -0.136. The number of aliphatic carboxylic acids is 1. The van der Waals surface area contributed by atoms with Gasteiger partial charge in [-0.25, -0.2) is 0 Å². The van der Waals surface area contributed by atoms with Crippen molar-refractivity contribution in [3.8, 4) is 0 Å². The van der Waals surface area contributed by atoms with Gasteiger partial charge >= 0.3 is 5.97 Å². The van der Waals surface area contributed by atoms with Crippen LogP contribution in [-0.2, 0) is 4.79 Å². The normalized spacial score (nSPS) is 14.1. The molecule has 0 spiro atoms. The van der Waals surface area contributed by atoms with Crippen molar-refractivity contribution in [1.82, 2.24) is 0 Å². The molecule has 0 bridgehead atoms. The van der Waals surface area contributed by atoms with Gasteiger partial charge in [-0.3, -0.25) is 4.79 Å². The summed E-state index contributed by atoms with van der Waals surface area (Å²) in [5, 5.41) is 8.59. The minimum Gasteiger partial charge on any atom is -0.481 e. The van der Waals surface area contributed by atoms with E-state index in [9.17, 15) is 4.79 Å².